The van der Waals surface area contributed by atoms with Crippen molar-refractivity contribution in [3.8, 4) is 0 Å². The number of carbonyl (C=O) groups excluding carboxylic acids is 1. The van der Waals surface area contributed by atoms with E-state index in [0.29, 0.717) is 12.1 Å². The molecule has 16 heavy (non-hydrogen) atoms. The van der Waals surface area contributed by atoms with Gasteiger partial charge in [0.2, 0.25) is 0 Å². The van der Waals surface area contributed by atoms with Gasteiger partial charge in [-0.1, -0.05) is 0 Å². The average Bonchev–Trinajstić information content (AvgIpc) is 2.83. The van der Waals surface area contributed by atoms with E-state index in [0.717, 1.165) is 19.4 Å². The van der Waals surface area contributed by atoms with Crippen molar-refractivity contribution in [2.45, 2.75) is 25.4 Å². The second kappa shape index (κ2) is 5.12. The molecule has 1 atom stereocenters. The summed E-state index contributed by atoms with van der Waals surface area (Å²) in [5.41, 5.74) is 0.596. The number of nitrogens with one attached hydrogen (secondary N) is 1. The molecule has 0 saturated carbocycles. The molecule has 0 aliphatic carbocycles. The quantitative estimate of drug-likeness (QED) is 0.833. The predicted octanol–water partition coefficient (Wildman–Crippen LogP) is 1.05. The largest absolute Gasteiger partial charge is 0.376 e. The maximum atomic E-state index is 11.9. The molecule has 88 valence electrons. The summed E-state index contributed by atoms with van der Waals surface area (Å²) >= 11 is 0. The second-order valence-corrected chi connectivity index (χ2v) is 4.16. The van der Waals surface area contributed by atoms with Crippen LogP contribution < -0.4 is 0 Å². The van der Waals surface area contributed by atoms with Crippen LogP contribution in [0.25, 0.3) is 0 Å². The van der Waals surface area contributed by atoms with Crippen LogP contribution in [0.2, 0.25) is 0 Å². The molecule has 1 amide bonds. The minimum absolute atomic E-state index is 0.0112. The molecule has 1 aliphatic rings. The van der Waals surface area contributed by atoms with Crippen molar-refractivity contribution in [2.24, 2.45) is 0 Å². The van der Waals surface area contributed by atoms with Crippen molar-refractivity contribution in [3.63, 3.8) is 0 Å². The Morgan fingerprint density at radius 2 is 2.56 bits per heavy atom. The molecule has 5 nitrogen and oxygen atoms in total. The smallest absolute Gasteiger partial charge is 0.256 e. The molecule has 0 aromatic carbocycles. The van der Waals surface area contributed by atoms with Crippen molar-refractivity contribution in [1.29, 1.82) is 0 Å². The number of amides is 1. The van der Waals surface area contributed by atoms with E-state index in [4.69, 9.17) is 4.74 Å². The first-order valence-electron chi connectivity index (χ1n) is 5.63. The van der Waals surface area contributed by atoms with Gasteiger partial charge in [0, 0.05) is 26.4 Å². The zero-order chi connectivity index (χ0) is 11.4. The molecule has 0 bridgehead atoms. The third-order valence-electron chi connectivity index (χ3n) is 2.84. The number of likely N-dealkylation sites (N-methyl/N-ethyl adjacent to an activating group) is 1. The highest BCUT2D eigenvalue weighted by Crippen LogP contribution is 2.14. The zero-order valence-electron chi connectivity index (χ0n) is 9.48. The number of rotatable bonds is 3. The van der Waals surface area contributed by atoms with Crippen LogP contribution in [0.3, 0.4) is 0 Å². The monoisotopic (exact) mass is 223 g/mol. The number of nitrogens with zero attached hydrogens (tertiary/aromatic N) is 2. The summed E-state index contributed by atoms with van der Waals surface area (Å²) in [7, 11) is 1.80. The summed E-state index contributed by atoms with van der Waals surface area (Å²) in [5.74, 6) is -0.0112. The number of aromatic amines is 1. The van der Waals surface area contributed by atoms with Crippen molar-refractivity contribution >= 4 is 5.91 Å². The number of H-pyrrole nitrogens is 1. The Kier molecular flexibility index (Phi) is 3.56. The zero-order valence-corrected chi connectivity index (χ0v) is 9.48. The molecule has 2 heterocycles. The Labute approximate surface area is 94.8 Å². The van der Waals surface area contributed by atoms with E-state index in [2.05, 4.69) is 10.2 Å². The van der Waals surface area contributed by atoms with Crippen molar-refractivity contribution in [1.82, 2.24) is 15.1 Å². The maximum Gasteiger partial charge on any atom is 0.256 e. The molecule has 1 aromatic heterocycles. The molecule has 0 spiro atoms. The Morgan fingerprint density at radius 3 is 3.19 bits per heavy atom. The van der Waals surface area contributed by atoms with Gasteiger partial charge in [-0.05, 0) is 19.3 Å². The second-order valence-electron chi connectivity index (χ2n) is 4.16. The van der Waals surface area contributed by atoms with Crippen LogP contribution >= 0.6 is 0 Å². The standard InChI is InChI=1S/C11H17N3O2/c1-14(8-10-4-2-3-5-16-10)11(15)9-6-12-13-7-9/h6-7,10H,2-5,8H2,1H3,(H,12,13). The van der Waals surface area contributed by atoms with E-state index in [9.17, 15) is 4.79 Å². The maximum absolute atomic E-state index is 11.9. The van der Waals surface area contributed by atoms with Gasteiger partial charge in [-0.15, -0.1) is 0 Å². The minimum atomic E-state index is -0.0112. The van der Waals surface area contributed by atoms with Gasteiger partial charge in [0.1, 0.15) is 0 Å². The fraction of sp³-hybridized carbons (Fsp3) is 0.636. The van der Waals surface area contributed by atoms with E-state index in [1.165, 1.54) is 6.42 Å². The normalized spacial score (nSPS) is 20.7. The van der Waals surface area contributed by atoms with E-state index in [1.54, 1.807) is 24.3 Å². The number of ether oxygens (including phenoxy) is 1. The molecular weight excluding hydrogens is 206 g/mol. The lowest BCUT2D eigenvalue weighted by atomic mass is 10.1. The van der Waals surface area contributed by atoms with Crippen LogP contribution in [-0.2, 0) is 4.74 Å². The fourth-order valence-corrected chi connectivity index (χ4v) is 1.93. The highest BCUT2D eigenvalue weighted by Gasteiger charge is 2.19. The van der Waals surface area contributed by atoms with E-state index >= 15 is 0 Å². The first-order chi connectivity index (χ1) is 7.77. The molecule has 0 radical (unpaired) electrons. The van der Waals surface area contributed by atoms with Gasteiger partial charge in [-0.3, -0.25) is 9.89 Å². The van der Waals surface area contributed by atoms with E-state index in [1.807, 2.05) is 0 Å². The van der Waals surface area contributed by atoms with Gasteiger partial charge in [-0.25, -0.2) is 0 Å². The lowest BCUT2D eigenvalue weighted by molar-refractivity contribution is -0.000186. The Morgan fingerprint density at radius 1 is 1.69 bits per heavy atom. The number of hydrogen-bond donors (Lipinski definition) is 1. The van der Waals surface area contributed by atoms with Crippen LogP contribution in [0.5, 0.6) is 0 Å². The first kappa shape index (κ1) is 11.1. The highest BCUT2D eigenvalue weighted by atomic mass is 16.5. The predicted molar refractivity (Wildman–Crippen MR) is 59.1 cm³/mol. The van der Waals surface area contributed by atoms with Crippen LogP contribution in [0.4, 0.5) is 0 Å². The lowest BCUT2D eigenvalue weighted by Gasteiger charge is -2.27. The van der Waals surface area contributed by atoms with E-state index < -0.39 is 0 Å². The van der Waals surface area contributed by atoms with Crippen LogP contribution in [-0.4, -0.2) is 47.3 Å². The van der Waals surface area contributed by atoms with Gasteiger partial charge in [0.15, 0.2) is 0 Å². The summed E-state index contributed by atoms with van der Waals surface area (Å²) in [6.45, 7) is 1.47. The SMILES string of the molecule is CN(CC1CCCCO1)C(=O)c1cn[nH]c1. The van der Waals surface area contributed by atoms with Crippen molar-refractivity contribution in [3.05, 3.63) is 18.0 Å². The molecule has 1 N–H and O–H groups in total. The average molecular weight is 223 g/mol. The summed E-state index contributed by atoms with van der Waals surface area (Å²) in [6.07, 6.45) is 6.72. The molecule has 1 unspecified atom stereocenters. The first-order valence-corrected chi connectivity index (χ1v) is 5.63. The molecule has 1 saturated heterocycles. The van der Waals surface area contributed by atoms with Gasteiger partial charge in [0.25, 0.3) is 5.91 Å². The van der Waals surface area contributed by atoms with Gasteiger partial charge < -0.3 is 9.64 Å². The van der Waals surface area contributed by atoms with E-state index in [-0.39, 0.29) is 12.0 Å². The fourth-order valence-electron chi connectivity index (χ4n) is 1.93. The highest BCUT2D eigenvalue weighted by molar-refractivity contribution is 5.93. The van der Waals surface area contributed by atoms with Crippen molar-refractivity contribution in [2.75, 3.05) is 20.2 Å². The van der Waals surface area contributed by atoms with Crippen LogP contribution in [0.15, 0.2) is 12.4 Å². The number of hydrogen-bond acceptors (Lipinski definition) is 3. The minimum Gasteiger partial charge on any atom is -0.376 e. The number of carbonyl (C=O) groups is 1. The van der Waals surface area contributed by atoms with Gasteiger partial charge in [0.05, 0.1) is 17.9 Å². The summed E-state index contributed by atoms with van der Waals surface area (Å²) < 4.78 is 5.60. The molecule has 1 aromatic rings. The van der Waals surface area contributed by atoms with Gasteiger partial charge in [-0.2, -0.15) is 5.10 Å². The topological polar surface area (TPSA) is 58.2 Å². The lowest BCUT2D eigenvalue weighted by Crippen LogP contribution is -2.37. The Balaban J connectivity index is 1.87. The Bertz CT molecular complexity index is 331. The molecule has 2 rings (SSSR count). The number of aromatic nitrogens is 2. The Hall–Kier alpha value is -1.36. The summed E-state index contributed by atoms with van der Waals surface area (Å²) in [6, 6.07) is 0. The molecular formula is C11H17N3O2. The van der Waals surface area contributed by atoms with Crippen LogP contribution in [0, 0.1) is 0 Å². The van der Waals surface area contributed by atoms with Gasteiger partial charge >= 0.3 is 0 Å². The summed E-state index contributed by atoms with van der Waals surface area (Å²) in [5, 5.41) is 6.41. The molecule has 5 heteroatoms. The van der Waals surface area contributed by atoms with Crippen LogP contribution in [0.1, 0.15) is 29.6 Å². The molecule has 1 aliphatic heterocycles. The third-order valence-corrected chi connectivity index (χ3v) is 2.84. The van der Waals surface area contributed by atoms with Crippen molar-refractivity contribution < 1.29 is 9.53 Å². The summed E-state index contributed by atoms with van der Waals surface area (Å²) in [4.78, 5) is 13.6. The molecule has 1 fully saturated rings. The third kappa shape index (κ3) is 2.61.